The van der Waals surface area contributed by atoms with Gasteiger partial charge in [0.1, 0.15) is 0 Å². The molecule has 0 saturated heterocycles. The van der Waals surface area contributed by atoms with Crippen LogP contribution in [0.15, 0.2) is 126 Å². The summed E-state index contributed by atoms with van der Waals surface area (Å²) in [7, 11) is -20.1. The third-order valence-corrected chi connectivity index (χ3v) is 18.2. The average molecular weight is 964 g/mol. The number of hydrogen-bond acceptors (Lipinski definition) is 11. The minimum absolute atomic E-state index is 0.212. The molecule has 17 nitrogen and oxygen atoms in total. The fourth-order valence-corrected chi connectivity index (χ4v) is 11.9. The van der Waals surface area contributed by atoms with Gasteiger partial charge in [0.05, 0.1) is 21.2 Å². The summed E-state index contributed by atoms with van der Waals surface area (Å²) < 4.78 is 90.4. The Morgan fingerprint density at radius 3 is 2.05 bits per heavy atom. The molecule has 0 bridgehead atoms. The first-order valence-electron chi connectivity index (χ1n) is 19.4. The predicted octanol–water partition coefficient (Wildman–Crippen LogP) is 7.06. The Hall–Kier alpha value is -4.01. The van der Waals surface area contributed by atoms with Crippen molar-refractivity contribution in [2.75, 3.05) is 11.9 Å². The normalized spacial score (nSPS) is 19.0. The van der Waals surface area contributed by atoms with Gasteiger partial charge in [-0.25, -0.2) is 0 Å². The molecule has 0 aromatic heterocycles. The number of aliphatic imine (C=N–C) groups is 1. The van der Waals surface area contributed by atoms with Crippen LogP contribution in [0.5, 0.6) is 0 Å². The van der Waals surface area contributed by atoms with Crippen molar-refractivity contribution in [2.45, 2.75) is 90.4 Å². The largest absolute Gasteiger partial charge is 0.369 e. The second kappa shape index (κ2) is 17.4. The lowest BCUT2D eigenvalue weighted by Crippen LogP contribution is -2.31. The number of benzene rings is 3. The van der Waals surface area contributed by atoms with Crippen molar-refractivity contribution < 1.29 is 64.5 Å². The summed E-state index contributed by atoms with van der Waals surface area (Å²) in [6.45, 7) is 7.44. The van der Waals surface area contributed by atoms with E-state index in [1.807, 2.05) is 52.0 Å². The first-order chi connectivity index (χ1) is 29.0. The van der Waals surface area contributed by atoms with Crippen LogP contribution >= 0.6 is 27.0 Å². The summed E-state index contributed by atoms with van der Waals surface area (Å²) in [5.74, 6) is -0.573. The molecule has 1 aliphatic carbocycles. The maximum Gasteiger partial charge on any atom is 0.369 e. The van der Waals surface area contributed by atoms with Crippen LogP contribution in [0, 0.1) is 0 Å². The number of rotatable bonds is 14. The maximum atomic E-state index is 13.0. The zero-order valence-electron chi connectivity index (χ0n) is 34.4. The minimum atomic E-state index is -5.63. The Bertz CT molecular complexity index is 2830. The van der Waals surface area contributed by atoms with E-state index in [1.165, 1.54) is 36.0 Å². The van der Waals surface area contributed by atoms with Crippen molar-refractivity contribution in [3.8, 4) is 0 Å². The maximum absolute atomic E-state index is 13.0. The monoisotopic (exact) mass is 963 g/mol. The zero-order chi connectivity index (χ0) is 46.6. The van der Waals surface area contributed by atoms with E-state index in [4.69, 9.17) is 4.99 Å². The smallest absolute Gasteiger partial charge is 0.368 e. The topological polar surface area (TPSA) is 298 Å². The van der Waals surface area contributed by atoms with Crippen LogP contribution in [0.2, 0.25) is 0 Å². The first kappa shape index (κ1) is 48.4. The molecule has 1 amide bonds. The molecule has 3 aliphatic rings. The predicted molar refractivity (Wildman–Crippen MR) is 238 cm³/mol. The highest BCUT2D eigenvalue weighted by Gasteiger charge is 2.58. The molecule has 0 atom stereocenters. The van der Waals surface area contributed by atoms with Crippen LogP contribution in [0.25, 0.3) is 0 Å². The molecular weight excluding hydrogens is 917 g/mol. The molecular formula is C41H47N3O14P2S3. The van der Waals surface area contributed by atoms with E-state index in [-0.39, 0.29) is 28.3 Å². The number of allylic oxidation sites excluding steroid dienone is 7. The molecule has 0 fully saturated rings. The summed E-state index contributed by atoms with van der Waals surface area (Å²) in [5.41, 5.74) is 4.87. The van der Waals surface area contributed by atoms with E-state index in [0.29, 0.717) is 41.1 Å². The Kier molecular flexibility index (Phi) is 13.4. The lowest BCUT2D eigenvalue weighted by Gasteiger charge is -2.29. The van der Waals surface area contributed by atoms with Crippen LogP contribution in [0.3, 0.4) is 0 Å². The van der Waals surface area contributed by atoms with Gasteiger partial charge in [0.25, 0.3) is 31.2 Å². The van der Waals surface area contributed by atoms with E-state index < -0.39 is 63.7 Å². The van der Waals surface area contributed by atoms with Crippen LogP contribution in [-0.4, -0.2) is 73.9 Å². The summed E-state index contributed by atoms with van der Waals surface area (Å²) in [5, 5.41) is 12.4. The third kappa shape index (κ3) is 10.1. The molecule has 63 heavy (non-hydrogen) atoms. The van der Waals surface area contributed by atoms with Gasteiger partial charge in [-0.2, -0.15) is 16.8 Å². The third-order valence-electron chi connectivity index (χ3n) is 11.3. The van der Waals surface area contributed by atoms with Crippen LogP contribution in [0.4, 0.5) is 11.4 Å². The summed E-state index contributed by atoms with van der Waals surface area (Å²) in [6, 6.07) is 15.3. The van der Waals surface area contributed by atoms with Gasteiger partial charge in [-0.3, -0.25) is 28.0 Å². The summed E-state index contributed by atoms with van der Waals surface area (Å²) in [4.78, 5) is 56.5. The van der Waals surface area contributed by atoms with Crippen molar-refractivity contribution in [3.63, 3.8) is 0 Å². The van der Waals surface area contributed by atoms with Gasteiger partial charge in [0.15, 0.2) is 0 Å². The molecule has 0 saturated carbocycles. The summed E-state index contributed by atoms with van der Waals surface area (Å²) in [6.07, 6.45) is 8.66. The zero-order valence-corrected chi connectivity index (χ0v) is 38.6. The second-order valence-electron chi connectivity index (χ2n) is 16.4. The SMILES string of the molecule is CC1(C)C(/C=C/C2=C(Sc3ccc(C(=O)NCCCC(O)(P(=O)(O)O)P(=O)(O)O)cc3)C(=C/C=C3/Nc4ccc(S(=O)(=O)O)cc4C3(C)C)/CCC2)=Nc2ccc(S(=O)(=O)O)cc21. The van der Waals surface area contributed by atoms with Gasteiger partial charge in [-0.1, -0.05) is 51.6 Å². The molecule has 3 aromatic rings. The number of nitrogens with zero attached hydrogens (tertiary/aromatic N) is 1. The average Bonchev–Trinajstić information content (AvgIpc) is 3.59. The molecule has 0 radical (unpaired) electrons. The van der Waals surface area contributed by atoms with E-state index in [0.717, 1.165) is 33.1 Å². The number of aliphatic hydroxyl groups is 1. The van der Waals surface area contributed by atoms with Crippen LogP contribution in [-0.2, 0) is 40.2 Å². The van der Waals surface area contributed by atoms with Crippen molar-refractivity contribution >= 4 is 70.2 Å². The molecule has 6 rings (SSSR count). The molecule has 22 heteroatoms. The minimum Gasteiger partial charge on any atom is -0.368 e. The highest BCUT2D eigenvalue weighted by molar-refractivity contribution is 8.03. The number of thioether (sulfide) groups is 1. The molecule has 0 unspecified atom stereocenters. The Balaban J connectivity index is 1.29. The second-order valence-corrected chi connectivity index (χ2v) is 24.3. The highest BCUT2D eigenvalue weighted by atomic mass is 32.2. The highest BCUT2D eigenvalue weighted by Crippen LogP contribution is 2.69. The fourth-order valence-electron chi connectivity index (χ4n) is 7.53. The van der Waals surface area contributed by atoms with Crippen LogP contribution in [0.1, 0.15) is 81.3 Å². The number of carbonyl (C=O) groups is 1. The number of fused-ring (bicyclic) bond motifs is 2. The molecule has 3 aromatic carbocycles. The number of anilines is 1. The molecule has 2 heterocycles. The van der Waals surface area contributed by atoms with Crippen molar-refractivity contribution in [1.29, 1.82) is 0 Å². The number of hydrogen-bond donors (Lipinski definition) is 9. The lowest BCUT2D eigenvalue weighted by molar-refractivity contribution is 0.0946. The van der Waals surface area contributed by atoms with Gasteiger partial charge in [-0.05, 0) is 121 Å². The standard InChI is InChI=1S/C41H47N3O14P2S3/c1-39(2)31-23-29(62(53,54)55)15-17-33(31)43-35(39)19-11-25-7-5-8-26(12-20-36-40(3,4)32-24-30(63(56,57)58)16-18-34(32)44-36)37(25)61-28-13-9-27(10-14-28)38(45)42-22-6-21-41(46,59(47,48)49)60(50,51)52/h9-20,23-24,43,46H,5-8,21-22H2,1-4H3,(H,42,45)(H2,47,48,49)(H2,50,51,52)(H,53,54,55)(H,56,57,58)/b20-12+,25-11+,35-19+. The molecule has 2 aliphatic heterocycles. The fraction of sp³-hybridized carbons (Fsp3) is 0.317. The molecule has 338 valence electrons. The molecule has 9 N–H and O–H groups in total. The number of nitrogens with one attached hydrogen (secondary N) is 2. The van der Waals surface area contributed by atoms with Gasteiger partial charge in [0, 0.05) is 50.5 Å². The van der Waals surface area contributed by atoms with E-state index in [1.54, 1.807) is 36.4 Å². The molecule has 0 spiro atoms. The Morgan fingerprint density at radius 1 is 0.841 bits per heavy atom. The summed E-state index contributed by atoms with van der Waals surface area (Å²) >= 11 is 1.45. The number of amides is 1. The van der Waals surface area contributed by atoms with E-state index in [9.17, 15) is 64.5 Å². The Labute approximate surface area is 369 Å². The van der Waals surface area contributed by atoms with Crippen molar-refractivity contribution in [3.05, 3.63) is 123 Å². The quantitative estimate of drug-likeness (QED) is 0.0444. The van der Waals surface area contributed by atoms with Gasteiger partial charge >= 0.3 is 15.2 Å². The number of carbonyl (C=O) groups excluding carboxylic acids is 1. The van der Waals surface area contributed by atoms with Crippen LogP contribution < -0.4 is 10.6 Å². The van der Waals surface area contributed by atoms with E-state index >= 15 is 0 Å². The van der Waals surface area contributed by atoms with Gasteiger partial charge in [-0.15, -0.1) is 0 Å². The Morgan fingerprint density at radius 2 is 1.44 bits per heavy atom. The van der Waals surface area contributed by atoms with Gasteiger partial charge in [0.2, 0.25) is 0 Å². The van der Waals surface area contributed by atoms with Gasteiger partial charge < -0.3 is 35.3 Å². The van der Waals surface area contributed by atoms with Crippen molar-refractivity contribution in [1.82, 2.24) is 5.32 Å². The first-order valence-corrected chi connectivity index (χ1v) is 26.3. The van der Waals surface area contributed by atoms with Crippen molar-refractivity contribution in [2.24, 2.45) is 4.99 Å². The van der Waals surface area contributed by atoms with E-state index in [2.05, 4.69) is 10.6 Å². The lowest BCUT2D eigenvalue weighted by atomic mass is 9.81.